The first kappa shape index (κ1) is 18.9. The van der Waals surface area contributed by atoms with Crippen molar-refractivity contribution in [3.05, 3.63) is 81.7 Å². The van der Waals surface area contributed by atoms with Crippen LogP contribution in [-0.4, -0.2) is 47.8 Å². The predicted octanol–water partition coefficient (Wildman–Crippen LogP) is 2.95. The van der Waals surface area contributed by atoms with Crippen molar-refractivity contribution in [2.75, 3.05) is 26.2 Å². The predicted molar refractivity (Wildman–Crippen MR) is 110 cm³/mol. The molecule has 2 aromatic carbocycles. The highest BCUT2D eigenvalue weighted by atomic mass is 16.4. The van der Waals surface area contributed by atoms with Crippen LogP contribution < -0.4 is 5.63 Å². The van der Waals surface area contributed by atoms with E-state index in [1.54, 1.807) is 34.1 Å². The van der Waals surface area contributed by atoms with Crippen LogP contribution in [0.15, 0.2) is 63.8 Å². The van der Waals surface area contributed by atoms with Crippen LogP contribution in [0.25, 0.3) is 11.0 Å². The molecule has 3 aromatic rings. The Balaban J connectivity index is 1.45. The molecule has 29 heavy (non-hydrogen) atoms. The van der Waals surface area contributed by atoms with Crippen molar-refractivity contribution in [2.24, 2.45) is 0 Å². The molecule has 1 aliphatic rings. The van der Waals surface area contributed by atoms with E-state index >= 15 is 0 Å². The highest BCUT2D eigenvalue weighted by Crippen LogP contribution is 2.16. The SMILES string of the molecule is CCc1ccc(C(=O)N2CCN(C(=O)c3cc4ccccc4oc3=O)CC2)cc1. The number of amides is 2. The summed E-state index contributed by atoms with van der Waals surface area (Å²) >= 11 is 0. The number of hydrogen-bond acceptors (Lipinski definition) is 4. The van der Waals surface area contributed by atoms with E-state index in [1.807, 2.05) is 30.3 Å². The summed E-state index contributed by atoms with van der Waals surface area (Å²) < 4.78 is 5.27. The van der Waals surface area contributed by atoms with Crippen molar-refractivity contribution >= 4 is 22.8 Å². The normalized spacial score (nSPS) is 14.2. The summed E-state index contributed by atoms with van der Waals surface area (Å²) in [6.07, 6.45) is 0.929. The zero-order valence-electron chi connectivity index (χ0n) is 16.3. The van der Waals surface area contributed by atoms with Gasteiger partial charge in [0.1, 0.15) is 11.1 Å². The summed E-state index contributed by atoms with van der Waals surface area (Å²) in [5.74, 6) is -0.395. The van der Waals surface area contributed by atoms with Gasteiger partial charge in [0.25, 0.3) is 11.8 Å². The standard InChI is InChI=1S/C23H22N2O4/c1-2-16-7-9-17(10-8-16)21(26)24-11-13-25(14-12-24)22(27)19-15-18-5-3-4-6-20(18)29-23(19)28/h3-10,15H,2,11-14H2,1H3. The van der Waals surface area contributed by atoms with Crippen LogP contribution in [0.3, 0.4) is 0 Å². The average Bonchev–Trinajstić information content (AvgIpc) is 2.78. The van der Waals surface area contributed by atoms with Gasteiger partial charge in [0, 0.05) is 37.1 Å². The summed E-state index contributed by atoms with van der Waals surface area (Å²) in [4.78, 5) is 41.1. The topological polar surface area (TPSA) is 70.8 Å². The van der Waals surface area contributed by atoms with Gasteiger partial charge in [-0.25, -0.2) is 4.79 Å². The molecule has 1 saturated heterocycles. The van der Waals surface area contributed by atoms with Gasteiger partial charge < -0.3 is 14.2 Å². The van der Waals surface area contributed by atoms with E-state index in [2.05, 4.69) is 6.92 Å². The fourth-order valence-corrected chi connectivity index (χ4v) is 3.56. The monoisotopic (exact) mass is 390 g/mol. The van der Waals surface area contributed by atoms with E-state index in [-0.39, 0.29) is 17.4 Å². The van der Waals surface area contributed by atoms with Gasteiger partial charge in [-0.05, 0) is 36.2 Å². The molecule has 0 atom stereocenters. The maximum absolute atomic E-state index is 12.8. The molecule has 1 fully saturated rings. The Hall–Kier alpha value is -3.41. The Morgan fingerprint density at radius 1 is 0.897 bits per heavy atom. The maximum atomic E-state index is 12.8. The van der Waals surface area contributed by atoms with E-state index in [4.69, 9.17) is 4.42 Å². The number of aryl methyl sites for hydroxylation is 1. The second-order valence-electron chi connectivity index (χ2n) is 7.12. The van der Waals surface area contributed by atoms with Crippen molar-refractivity contribution in [1.29, 1.82) is 0 Å². The summed E-state index contributed by atoms with van der Waals surface area (Å²) in [7, 11) is 0. The quantitative estimate of drug-likeness (QED) is 0.645. The van der Waals surface area contributed by atoms with Crippen LogP contribution in [0, 0.1) is 0 Å². The first-order chi connectivity index (χ1) is 14.1. The zero-order valence-corrected chi connectivity index (χ0v) is 16.3. The lowest BCUT2D eigenvalue weighted by Gasteiger charge is -2.34. The van der Waals surface area contributed by atoms with E-state index < -0.39 is 5.63 Å². The Morgan fingerprint density at radius 2 is 1.52 bits per heavy atom. The van der Waals surface area contributed by atoms with Crippen LogP contribution in [0.1, 0.15) is 33.2 Å². The first-order valence-electron chi connectivity index (χ1n) is 9.77. The maximum Gasteiger partial charge on any atom is 0.349 e. The minimum atomic E-state index is -0.636. The molecular formula is C23H22N2O4. The van der Waals surface area contributed by atoms with Gasteiger partial charge in [-0.3, -0.25) is 9.59 Å². The van der Waals surface area contributed by atoms with Crippen molar-refractivity contribution in [3.63, 3.8) is 0 Å². The molecule has 0 aliphatic carbocycles. The lowest BCUT2D eigenvalue weighted by molar-refractivity contribution is 0.0533. The highest BCUT2D eigenvalue weighted by molar-refractivity contribution is 5.97. The molecule has 0 N–H and O–H groups in total. The largest absolute Gasteiger partial charge is 0.422 e. The molecule has 0 saturated carbocycles. The highest BCUT2D eigenvalue weighted by Gasteiger charge is 2.27. The minimum Gasteiger partial charge on any atom is -0.422 e. The van der Waals surface area contributed by atoms with Gasteiger partial charge in [-0.1, -0.05) is 37.3 Å². The number of para-hydroxylation sites is 1. The Morgan fingerprint density at radius 3 is 2.17 bits per heavy atom. The number of nitrogens with zero attached hydrogens (tertiary/aromatic N) is 2. The Bertz CT molecular complexity index is 1110. The molecule has 4 rings (SSSR count). The molecule has 0 bridgehead atoms. The number of carbonyl (C=O) groups is 2. The number of hydrogen-bond donors (Lipinski definition) is 0. The summed E-state index contributed by atoms with van der Waals surface area (Å²) in [6.45, 7) is 3.69. The molecule has 6 nitrogen and oxygen atoms in total. The van der Waals surface area contributed by atoms with Crippen LogP contribution in [0.5, 0.6) is 0 Å². The van der Waals surface area contributed by atoms with Gasteiger partial charge in [-0.15, -0.1) is 0 Å². The molecule has 1 aromatic heterocycles. The fourth-order valence-electron chi connectivity index (χ4n) is 3.56. The average molecular weight is 390 g/mol. The van der Waals surface area contributed by atoms with E-state index in [9.17, 15) is 14.4 Å². The second-order valence-corrected chi connectivity index (χ2v) is 7.12. The van der Waals surface area contributed by atoms with Gasteiger partial charge in [0.05, 0.1) is 0 Å². The lowest BCUT2D eigenvalue weighted by atomic mass is 10.1. The molecule has 6 heteroatoms. The van der Waals surface area contributed by atoms with Crippen LogP contribution >= 0.6 is 0 Å². The Labute approximate surface area is 168 Å². The van der Waals surface area contributed by atoms with Crippen molar-refractivity contribution in [1.82, 2.24) is 9.80 Å². The lowest BCUT2D eigenvalue weighted by Crippen LogP contribution is -2.51. The Kier molecular flexibility index (Phi) is 5.16. The van der Waals surface area contributed by atoms with Crippen molar-refractivity contribution in [3.8, 4) is 0 Å². The molecule has 148 valence electrons. The third-order valence-corrected chi connectivity index (χ3v) is 5.34. The number of rotatable bonds is 3. The van der Waals surface area contributed by atoms with E-state index in [0.717, 1.165) is 6.42 Å². The molecule has 2 amide bonds. The third-order valence-electron chi connectivity index (χ3n) is 5.34. The van der Waals surface area contributed by atoms with Crippen LogP contribution in [0.2, 0.25) is 0 Å². The van der Waals surface area contributed by atoms with Crippen molar-refractivity contribution < 1.29 is 14.0 Å². The zero-order chi connectivity index (χ0) is 20.4. The van der Waals surface area contributed by atoms with Crippen molar-refractivity contribution in [2.45, 2.75) is 13.3 Å². The first-order valence-corrected chi connectivity index (χ1v) is 9.77. The molecule has 1 aliphatic heterocycles. The van der Waals surface area contributed by atoms with Gasteiger partial charge in [0.15, 0.2) is 0 Å². The molecule has 2 heterocycles. The van der Waals surface area contributed by atoms with Crippen LogP contribution in [-0.2, 0) is 6.42 Å². The fraction of sp³-hybridized carbons (Fsp3) is 0.261. The smallest absolute Gasteiger partial charge is 0.349 e. The third kappa shape index (κ3) is 3.78. The summed E-state index contributed by atoms with van der Waals surface area (Å²) in [5, 5.41) is 0.708. The molecular weight excluding hydrogens is 368 g/mol. The number of piperazine rings is 1. The van der Waals surface area contributed by atoms with E-state index in [1.165, 1.54) is 5.56 Å². The van der Waals surface area contributed by atoms with Crippen LogP contribution in [0.4, 0.5) is 0 Å². The number of carbonyl (C=O) groups excluding carboxylic acids is 2. The second kappa shape index (κ2) is 7.91. The number of fused-ring (bicyclic) bond motifs is 1. The summed E-state index contributed by atoms with van der Waals surface area (Å²) in [6, 6.07) is 16.3. The minimum absolute atomic E-state index is 0.0265. The van der Waals surface area contributed by atoms with Gasteiger partial charge >= 0.3 is 5.63 Å². The van der Waals surface area contributed by atoms with E-state index in [0.29, 0.717) is 42.7 Å². The van der Waals surface area contributed by atoms with Gasteiger partial charge in [0.2, 0.25) is 0 Å². The van der Waals surface area contributed by atoms with Gasteiger partial charge in [-0.2, -0.15) is 0 Å². The molecule has 0 spiro atoms. The molecule has 0 radical (unpaired) electrons. The summed E-state index contributed by atoms with van der Waals surface area (Å²) in [5.41, 5.74) is 1.68. The number of benzene rings is 2. The molecule has 0 unspecified atom stereocenters.